The number of ether oxygens (including phenoxy) is 2. The molecule has 10 heavy (non-hydrogen) atoms. The fraction of sp³-hybridized carbons (Fsp3) is 1.00. The highest BCUT2D eigenvalue weighted by atomic mass is 16.5. The van der Waals surface area contributed by atoms with Gasteiger partial charge >= 0.3 is 0 Å². The second-order valence-electron chi connectivity index (χ2n) is 2.28. The highest BCUT2D eigenvalue weighted by molar-refractivity contribution is 4.65. The van der Waals surface area contributed by atoms with Crippen molar-refractivity contribution in [3.8, 4) is 0 Å². The number of hydrogen-bond donors (Lipinski definition) is 0. The summed E-state index contributed by atoms with van der Waals surface area (Å²) < 4.78 is 10.5. The van der Waals surface area contributed by atoms with Crippen molar-refractivity contribution < 1.29 is 9.47 Å². The minimum Gasteiger partial charge on any atom is -0.379 e. The Balaban J connectivity index is 2.02. The van der Waals surface area contributed by atoms with Gasteiger partial charge in [0.05, 0.1) is 19.3 Å². The van der Waals surface area contributed by atoms with Gasteiger partial charge < -0.3 is 9.47 Å². The van der Waals surface area contributed by atoms with Crippen molar-refractivity contribution in [2.75, 3.05) is 32.9 Å². The molecule has 0 bridgehead atoms. The molecular formula is C7H14NO2. The molecule has 1 unspecified atom stereocenters. The minimum atomic E-state index is 0.216. The molecule has 59 valence electrons. The number of nitrogens with zero attached hydrogens (tertiary/aromatic N) is 1. The van der Waals surface area contributed by atoms with E-state index in [2.05, 4.69) is 5.32 Å². The van der Waals surface area contributed by atoms with E-state index in [9.17, 15) is 0 Å². The molecule has 0 saturated carbocycles. The minimum absolute atomic E-state index is 0.216. The van der Waals surface area contributed by atoms with Gasteiger partial charge in [0.1, 0.15) is 0 Å². The molecule has 1 fully saturated rings. The van der Waals surface area contributed by atoms with E-state index < -0.39 is 0 Å². The van der Waals surface area contributed by atoms with E-state index in [1.165, 1.54) is 0 Å². The summed E-state index contributed by atoms with van der Waals surface area (Å²) in [6, 6.07) is 0. The van der Waals surface area contributed by atoms with Gasteiger partial charge in [0.25, 0.3) is 0 Å². The van der Waals surface area contributed by atoms with Crippen LogP contribution in [0.25, 0.3) is 0 Å². The largest absolute Gasteiger partial charge is 0.379 e. The zero-order chi connectivity index (χ0) is 7.23. The maximum atomic E-state index is 5.36. The molecule has 0 amide bonds. The fourth-order valence-corrected chi connectivity index (χ4v) is 0.922. The molecule has 3 nitrogen and oxygen atoms in total. The van der Waals surface area contributed by atoms with Crippen LogP contribution in [0, 0.1) is 0 Å². The molecular weight excluding hydrogens is 130 g/mol. The van der Waals surface area contributed by atoms with Crippen LogP contribution in [0.4, 0.5) is 0 Å². The Morgan fingerprint density at radius 2 is 2.60 bits per heavy atom. The maximum absolute atomic E-state index is 5.36. The van der Waals surface area contributed by atoms with Crippen molar-refractivity contribution in [2.24, 2.45) is 0 Å². The Morgan fingerprint density at radius 1 is 1.70 bits per heavy atom. The summed E-state index contributed by atoms with van der Waals surface area (Å²) in [5, 5.41) is 4.21. The maximum Gasteiger partial charge on any atom is 0.0949 e. The summed E-state index contributed by atoms with van der Waals surface area (Å²) in [5.41, 5.74) is 0. The number of rotatable bonds is 3. The van der Waals surface area contributed by atoms with Crippen LogP contribution < -0.4 is 5.32 Å². The molecule has 0 aromatic carbocycles. The summed E-state index contributed by atoms with van der Waals surface area (Å²) in [4.78, 5) is 0. The number of hydrogen-bond acceptors (Lipinski definition) is 2. The number of morpholine rings is 1. The highest BCUT2D eigenvalue weighted by Gasteiger charge is 2.13. The van der Waals surface area contributed by atoms with Gasteiger partial charge in [-0.3, -0.25) is 0 Å². The highest BCUT2D eigenvalue weighted by Crippen LogP contribution is 1.96. The van der Waals surface area contributed by atoms with Crippen LogP contribution in [0.2, 0.25) is 0 Å². The van der Waals surface area contributed by atoms with Crippen molar-refractivity contribution in [3.05, 3.63) is 0 Å². The van der Waals surface area contributed by atoms with E-state index >= 15 is 0 Å². The second-order valence-corrected chi connectivity index (χ2v) is 2.28. The lowest BCUT2D eigenvalue weighted by Crippen LogP contribution is -2.37. The lowest BCUT2D eigenvalue weighted by atomic mass is 10.3. The molecule has 0 spiro atoms. The molecule has 1 radical (unpaired) electrons. The second kappa shape index (κ2) is 4.66. The average Bonchev–Trinajstić information content (AvgIpc) is 2.03. The van der Waals surface area contributed by atoms with Gasteiger partial charge in [0, 0.05) is 19.7 Å². The zero-order valence-electron chi connectivity index (χ0n) is 6.38. The zero-order valence-corrected chi connectivity index (χ0v) is 6.38. The van der Waals surface area contributed by atoms with Gasteiger partial charge in [-0.25, -0.2) is 5.32 Å². The quantitative estimate of drug-likeness (QED) is 0.559. The van der Waals surface area contributed by atoms with E-state index in [-0.39, 0.29) is 6.10 Å². The van der Waals surface area contributed by atoms with Crippen molar-refractivity contribution in [2.45, 2.75) is 13.0 Å². The first-order chi connectivity index (χ1) is 4.93. The first-order valence-corrected chi connectivity index (χ1v) is 3.76. The fourth-order valence-electron chi connectivity index (χ4n) is 0.922. The molecule has 1 aliphatic rings. The lowest BCUT2D eigenvalue weighted by molar-refractivity contribution is -0.0297. The third kappa shape index (κ3) is 2.64. The predicted molar refractivity (Wildman–Crippen MR) is 38.1 cm³/mol. The smallest absolute Gasteiger partial charge is 0.0949 e. The monoisotopic (exact) mass is 144 g/mol. The Hall–Kier alpha value is -0.120. The normalized spacial score (nSPS) is 26.7. The van der Waals surface area contributed by atoms with E-state index in [4.69, 9.17) is 9.47 Å². The van der Waals surface area contributed by atoms with Crippen molar-refractivity contribution in [1.82, 2.24) is 5.32 Å². The van der Waals surface area contributed by atoms with Gasteiger partial charge in [0.15, 0.2) is 0 Å². The van der Waals surface area contributed by atoms with Crippen LogP contribution in [0.1, 0.15) is 6.92 Å². The topological polar surface area (TPSA) is 32.6 Å². The third-order valence-corrected chi connectivity index (χ3v) is 1.44. The molecule has 1 atom stereocenters. The van der Waals surface area contributed by atoms with Crippen molar-refractivity contribution in [3.63, 3.8) is 0 Å². The summed E-state index contributed by atoms with van der Waals surface area (Å²) >= 11 is 0. The molecule has 0 aliphatic carbocycles. The summed E-state index contributed by atoms with van der Waals surface area (Å²) in [6.45, 7) is 5.86. The van der Waals surface area contributed by atoms with Crippen LogP contribution in [-0.4, -0.2) is 39.0 Å². The molecule has 1 aliphatic heterocycles. The Kier molecular flexibility index (Phi) is 3.72. The Bertz CT molecular complexity index is 81.7. The Labute approximate surface area is 61.7 Å². The standard InChI is InChI=1S/C7H14NO2/c1-2-9-6-7-5-8-3-4-10-7/h7H,2-6H2,1H3. The van der Waals surface area contributed by atoms with Gasteiger partial charge in [-0.2, -0.15) is 0 Å². The lowest BCUT2D eigenvalue weighted by Gasteiger charge is -2.21. The van der Waals surface area contributed by atoms with Crippen molar-refractivity contribution in [1.29, 1.82) is 0 Å². The Morgan fingerprint density at radius 3 is 3.20 bits per heavy atom. The van der Waals surface area contributed by atoms with E-state index in [0.717, 1.165) is 26.3 Å². The van der Waals surface area contributed by atoms with Crippen LogP contribution >= 0.6 is 0 Å². The third-order valence-electron chi connectivity index (χ3n) is 1.44. The van der Waals surface area contributed by atoms with E-state index in [1.54, 1.807) is 0 Å². The molecule has 0 aromatic heterocycles. The van der Waals surface area contributed by atoms with Crippen LogP contribution in [-0.2, 0) is 9.47 Å². The summed E-state index contributed by atoms with van der Waals surface area (Å²) in [5.74, 6) is 0. The van der Waals surface area contributed by atoms with Crippen molar-refractivity contribution >= 4 is 0 Å². The van der Waals surface area contributed by atoms with E-state index in [1.807, 2.05) is 6.92 Å². The van der Waals surface area contributed by atoms with Crippen LogP contribution in [0.15, 0.2) is 0 Å². The van der Waals surface area contributed by atoms with Crippen LogP contribution in [0.3, 0.4) is 0 Å². The first kappa shape index (κ1) is 7.98. The van der Waals surface area contributed by atoms with Gasteiger partial charge in [0.2, 0.25) is 0 Å². The van der Waals surface area contributed by atoms with Gasteiger partial charge in [-0.15, -0.1) is 0 Å². The molecule has 3 heteroatoms. The van der Waals surface area contributed by atoms with Gasteiger partial charge in [-0.05, 0) is 6.92 Å². The van der Waals surface area contributed by atoms with Gasteiger partial charge in [-0.1, -0.05) is 0 Å². The molecule has 1 saturated heterocycles. The molecule has 1 rings (SSSR count). The summed E-state index contributed by atoms with van der Waals surface area (Å²) in [7, 11) is 0. The average molecular weight is 144 g/mol. The van der Waals surface area contributed by atoms with E-state index in [0.29, 0.717) is 6.61 Å². The molecule has 0 aromatic rings. The predicted octanol–water partition coefficient (Wildman–Crippen LogP) is 0.0261. The first-order valence-electron chi connectivity index (χ1n) is 3.76. The summed E-state index contributed by atoms with van der Waals surface area (Å²) in [6.07, 6.45) is 0.216. The molecule has 0 N–H and O–H groups in total. The van der Waals surface area contributed by atoms with Crippen LogP contribution in [0.5, 0.6) is 0 Å². The molecule has 1 heterocycles. The SMILES string of the molecule is CCOCC1C[N]CCO1.